The summed E-state index contributed by atoms with van der Waals surface area (Å²) < 4.78 is 0. The Morgan fingerprint density at radius 1 is 0.889 bits per heavy atom. The van der Waals surface area contributed by atoms with Crippen molar-refractivity contribution in [2.75, 3.05) is 0 Å². The molecule has 0 atom stereocenters. The van der Waals surface area contributed by atoms with Crippen molar-refractivity contribution in [1.29, 1.82) is 0 Å². The maximum Gasteiger partial charge on any atom is 0.0541 e. The molecule has 0 saturated heterocycles. The maximum atomic E-state index is 9.63. The topological polar surface area (TPSA) is 23.5 Å². The van der Waals surface area contributed by atoms with Gasteiger partial charge >= 0.3 is 0 Å². The summed E-state index contributed by atoms with van der Waals surface area (Å²) in [6.45, 7) is 1.09. The first kappa shape index (κ1) is 12.2. The van der Waals surface area contributed by atoms with Gasteiger partial charge in [-0.3, -0.25) is 4.90 Å². The van der Waals surface area contributed by atoms with Gasteiger partial charge in [0.2, 0.25) is 0 Å². The molecule has 2 fully saturated rings. The van der Waals surface area contributed by atoms with Crippen LogP contribution in [0.1, 0.15) is 44.1 Å². The number of rotatable bonds is 4. The van der Waals surface area contributed by atoms with Crippen molar-refractivity contribution in [1.82, 2.24) is 4.90 Å². The number of hydrogen-bond acceptors (Lipinski definition) is 2. The lowest BCUT2D eigenvalue weighted by atomic mass is 9.91. The molecule has 2 aliphatic carbocycles. The molecule has 2 aliphatic rings. The summed E-state index contributed by atoms with van der Waals surface area (Å²) in [5.74, 6) is 0. The van der Waals surface area contributed by atoms with E-state index in [4.69, 9.17) is 0 Å². The lowest BCUT2D eigenvalue weighted by molar-refractivity contribution is 0.0663. The minimum absolute atomic E-state index is 0.0426. The molecule has 0 heterocycles. The molecule has 2 nitrogen and oxygen atoms in total. The molecule has 1 aromatic carbocycles. The van der Waals surface area contributed by atoms with Crippen LogP contribution in [0.15, 0.2) is 30.3 Å². The first-order valence-corrected chi connectivity index (χ1v) is 7.30. The number of benzene rings is 1. The van der Waals surface area contributed by atoms with Gasteiger partial charge in [-0.25, -0.2) is 0 Å². The third-order valence-corrected chi connectivity index (χ3v) is 4.36. The molecule has 18 heavy (non-hydrogen) atoms. The fourth-order valence-corrected chi connectivity index (χ4v) is 3.15. The van der Waals surface area contributed by atoms with E-state index >= 15 is 0 Å². The molecule has 0 unspecified atom stereocenters. The molecule has 0 aliphatic heterocycles. The molecular formula is C16H23NO. The summed E-state index contributed by atoms with van der Waals surface area (Å²) in [4.78, 5) is 2.70. The molecule has 0 amide bonds. The van der Waals surface area contributed by atoms with Gasteiger partial charge in [-0.15, -0.1) is 0 Å². The average Bonchev–Trinajstić information content (AvgIpc) is 3.23. The molecule has 0 spiro atoms. The number of aliphatic hydroxyl groups excluding tert-OH is 1. The van der Waals surface area contributed by atoms with Crippen LogP contribution in [0, 0.1) is 0 Å². The van der Waals surface area contributed by atoms with Gasteiger partial charge in [-0.2, -0.15) is 0 Å². The second-order valence-corrected chi connectivity index (χ2v) is 5.85. The molecular weight excluding hydrogens is 222 g/mol. The highest BCUT2D eigenvalue weighted by atomic mass is 16.3. The quantitative estimate of drug-likeness (QED) is 0.881. The van der Waals surface area contributed by atoms with Gasteiger partial charge < -0.3 is 5.11 Å². The standard InChI is InChI=1S/C16H23NO/c18-16-10-8-15(9-11-16)17(14-6-7-14)12-13-4-2-1-3-5-13/h1-5,14-16,18H,6-12H2. The minimum Gasteiger partial charge on any atom is -0.393 e. The van der Waals surface area contributed by atoms with E-state index in [1.165, 1.54) is 31.2 Å². The van der Waals surface area contributed by atoms with Crippen molar-refractivity contribution in [3.05, 3.63) is 35.9 Å². The van der Waals surface area contributed by atoms with Crippen molar-refractivity contribution in [3.63, 3.8) is 0 Å². The third kappa shape index (κ3) is 2.93. The van der Waals surface area contributed by atoms with Gasteiger partial charge in [0.1, 0.15) is 0 Å². The highest BCUT2D eigenvalue weighted by Crippen LogP contribution is 2.34. The fraction of sp³-hybridized carbons (Fsp3) is 0.625. The van der Waals surface area contributed by atoms with E-state index in [0.717, 1.165) is 25.4 Å². The van der Waals surface area contributed by atoms with Crippen molar-refractivity contribution in [3.8, 4) is 0 Å². The summed E-state index contributed by atoms with van der Waals surface area (Å²) in [6, 6.07) is 12.3. The van der Waals surface area contributed by atoms with Crippen LogP contribution in [0.4, 0.5) is 0 Å². The fourth-order valence-electron chi connectivity index (χ4n) is 3.15. The summed E-state index contributed by atoms with van der Waals surface area (Å²) in [5, 5.41) is 9.63. The second-order valence-electron chi connectivity index (χ2n) is 5.85. The van der Waals surface area contributed by atoms with Gasteiger partial charge in [-0.05, 0) is 44.1 Å². The predicted octanol–water partition coefficient (Wildman–Crippen LogP) is 2.95. The van der Waals surface area contributed by atoms with Crippen LogP contribution in [0.25, 0.3) is 0 Å². The molecule has 2 saturated carbocycles. The number of aliphatic hydroxyl groups is 1. The summed E-state index contributed by atoms with van der Waals surface area (Å²) in [7, 11) is 0. The van der Waals surface area contributed by atoms with Crippen LogP contribution in [-0.4, -0.2) is 28.2 Å². The van der Waals surface area contributed by atoms with E-state index in [0.29, 0.717) is 6.04 Å². The highest BCUT2D eigenvalue weighted by Gasteiger charge is 2.35. The molecule has 2 heteroatoms. The molecule has 98 valence electrons. The SMILES string of the molecule is OC1CCC(N(Cc2ccccc2)C2CC2)CC1. The van der Waals surface area contributed by atoms with E-state index in [-0.39, 0.29) is 6.10 Å². The number of nitrogens with zero attached hydrogens (tertiary/aromatic N) is 1. The van der Waals surface area contributed by atoms with Crippen LogP contribution in [-0.2, 0) is 6.54 Å². The zero-order valence-corrected chi connectivity index (χ0v) is 11.0. The van der Waals surface area contributed by atoms with Gasteiger partial charge in [0.15, 0.2) is 0 Å². The highest BCUT2D eigenvalue weighted by molar-refractivity contribution is 5.15. The zero-order chi connectivity index (χ0) is 12.4. The van der Waals surface area contributed by atoms with Crippen LogP contribution in [0.5, 0.6) is 0 Å². The lowest BCUT2D eigenvalue weighted by Gasteiger charge is -2.36. The monoisotopic (exact) mass is 245 g/mol. The Hall–Kier alpha value is -0.860. The van der Waals surface area contributed by atoms with Crippen LogP contribution >= 0.6 is 0 Å². The third-order valence-electron chi connectivity index (χ3n) is 4.36. The predicted molar refractivity (Wildman–Crippen MR) is 73.3 cm³/mol. The molecule has 1 N–H and O–H groups in total. The first-order chi connectivity index (χ1) is 8.83. The Bertz CT molecular complexity index is 366. The van der Waals surface area contributed by atoms with Crippen molar-refractivity contribution < 1.29 is 5.11 Å². The smallest absolute Gasteiger partial charge is 0.0541 e. The van der Waals surface area contributed by atoms with Crippen LogP contribution in [0.3, 0.4) is 0 Å². The van der Waals surface area contributed by atoms with Crippen LogP contribution in [0.2, 0.25) is 0 Å². The van der Waals surface area contributed by atoms with Gasteiger partial charge in [0.05, 0.1) is 6.10 Å². The van der Waals surface area contributed by atoms with E-state index in [9.17, 15) is 5.11 Å². The van der Waals surface area contributed by atoms with E-state index in [2.05, 4.69) is 35.2 Å². The number of hydrogen-bond donors (Lipinski definition) is 1. The Labute approximate surface area is 110 Å². The van der Waals surface area contributed by atoms with E-state index in [1.54, 1.807) is 0 Å². The summed E-state index contributed by atoms with van der Waals surface area (Å²) >= 11 is 0. The van der Waals surface area contributed by atoms with Crippen LogP contribution < -0.4 is 0 Å². The largest absolute Gasteiger partial charge is 0.393 e. The Morgan fingerprint density at radius 3 is 2.00 bits per heavy atom. The van der Waals surface area contributed by atoms with Gasteiger partial charge in [0, 0.05) is 18.6 Å². The van der Waals surface area contributed by atoms with Crippen molar-refractivity contribution >= 4 is 0 Å². The Kier molecular flexibility index (Phi) is 3.67. The molecule has 3 rings (SSSR count). The van der Waals surface area contributed by atoms with Crippen molar-refractivity contribution in [2.45, 2.75) is 63.3 Å². The minimum atomic E-state index is -0.0426. The lowest BCUT2D eigenvalue weighted by Crippen LogP contribution is -2.40. The second kappa shape index (κ2) is 5.41. The van der Waals surface area contributed by atoms with Crippen molar-refractivity contribution in [2.24, 2.45) is 0 Å². The van der Waals surface area contributed by atoms with Gasteiger partial charge in [-0.1, -0.05) is 30.3 Å². The summed E-state index contributed by atoms with van der Waals surface area (Å²) in [6.07, 6.45) is 7.01. The van der Waals surface area contributed by atoms with E-state index in [1.807, 2.05) is 0 Å². The zero-order valence-electron chi connectivity index (χ0n) is 11.0. The molecule has 1 aromatic rings. The van der Waals surface area contributed by atoms with E-state index < -0.39 is 0 Å². The molecule has 0 bridgehead atoms. The molecule has 0 radical (unpaired) electrons. The average molecular weight is 245 g/mol. The van der Waals surface area contributed by atoms with Gasteiger partial charge in [0.25, 0.3) is 0 Å². The Morgan fingerprint density at radius 2 is 1.44 bits per heavy atom. The Balaban J connectivity index is 1.65. The normalized spacial score (nSPS) is 28.6. The maximum absolute atomic E-state index is 9.63. The summed E-state index contributed by atoms with van der Waals surface area (Å²) in [5.41, 5.74) is 1.43. The first-order valence-electron chi connectivity index (χ1n) is 7.30. The molecule has 0 aromatic heterocycles.